The normalized spacial score (nSPS) is 46.7. The van der Waals surface area contributed by atoms with Crippen molar-refractivity contribution in [2.45, 2.75) is 117 Å². The summed E-state index contributed by atoms with van der Waals surface area (Å²) < 4.78 is 7.05. The molecule has 0 aromatic carbocycles. The number of carbonyl (C=O) groups is 1. The third kappa shape index (κ3) is 3.01. The van der Waals surface area contributed by atoms with Gasteiger partial charge < -0.3 is 4.43 Å². The summed E-state index contributed by atoms with van der Waals surface area (Å²) in [6, 6.07) is 0. The molecule has 4 aliphatic rings. The number of rotatable bonds is 2. The third-order valence-electron chi connectivity index (χ3n) is 10.6. The molecule has 4 saturated carbocycles. The van der Waals surface area contributed by atoms with Gasteiger partial charge in [0.1, 0.15) is 5.78 Å². The summed E-state index contributed by atoms with van der Waals surface area (Å²) in [6.45, 7) is 17.0. The van der Waals surface area contributed by atoms with Crippen molar-refractivity contribution in [3.8, 4) is 0 Å². The maximum atomic E-state index is 12.7. The monoisotopic (exact) mass is 404 g/mol. The van der Waals surface area contributed by atoms with Gasteiger partial charge in [-0.25, -0.2) is 0 Å². The first kappa shape index (κ1) is 21.1. The first-order chi connectivity index (χ1) is 12.9. The molecule has 3 heteroatoms. The lowest BCUT2D eigenvalue weighted by Gasteiger charge is -2.60. The average molecular weight is 405 g/mol. The predicted octanol–water partition coefficient (Wildman–Crippen LogP) is 6.99. The highest BCUT2D eigenvalue weighted by atomic mass is 28.4. The summed E-state index contributed by atoms with van der Waals surface area (Å²) in [4.78, 5) is 12.7. The molecule has 0 aromatic rings. The smallest absolute Gasteiger partial charge is 0.192 e. The second kappa shape index (κ2) is 6.67. The molecule has 0 heterocycles. The van der Waals surface area contributed by atoms with Crippen molar-refractivity contribution < 1.29 is 9.22 Å². The summed E-state index contributed by atoms with van der Waals surface area (Å²) >= 11 is 0. The Labute approximate surface area is 174 Å². The van der Waals surface area contributed by atoms with Crippen molar-refractivity contribution in [2.24, 2.45) is 34.5 Å². The first-order valence-corrected chi connectivity index (χ1v) is 15.0. The maximum absolute atomic E-state index is 12.7. The van der Waals surface area contributed by atoms with Gasteiger partial charge >= 0.3 is 0 Å². The van der Waals surface area contributed by atoms with Crippen LogP contribution in [0.4, 0.5) is 0 Å². The Bertz CT molecular complexity index is 635. The molecular weight excluding hydrogens is 360 g/mol. The molecular formula is C25H44O2Si. The van der Waals surface area contributed by atoms with Crippen LogP contribution < -0.4 is 0 Å². The zero-order valence-electron chi connectivity index (χ0n) is 19.6. The molecule has 0 radical (unpaired) electrons. The van der Waals surface area contributed by atoms with Crippen molar-refractivity contribution in [1.82, 2.24) is 0 Å². The van der Waals surface area contributed by atoms with Gasteiger partial charge in [-0.05, 0) is 98.1 Å². The van der Waals surface area contributed by atoms with E-state index in [2.05, 4.69) is 47.7 Å². The minimum Gasteiger partial charge on any atom is -0.413 e. The van der Waals surface area contributed by atoms with Crippen LogP contribution in [0.5, 0.6) is 0 Å². The Hall–Kier alpha value is -0.153. The SMILES string of the molecule is CC(C)(C)[Si](C)(C)OC1CC[C@H]2[C@@H]3CCC4C(=O)CCC[C@]4(C)[C@H]3CC[C@]12C. The van der Waals surface area contributed by atoms with Crippen LogP contribution in [0, 0.1) is 34.5 Å². The van der Waals surface area contributed by atoms with Gasteiger partial charge in [0.2, 0.25) is 0 Å². The molecule has 2 nitrogen and oxygen atoms in total. The Morgan fingerprint density at radius 1 is 0.929 bits per heavy atom. The van der Waals surface area contributed by atoms with E-state index in [1.165, 1.54) is 38.5 Å². The highest BCUT2D eigenvalue weighted by Gasteiger charge is 2.61. The van der Waals surface area contributed by atoms with E-state index < -0.39 is 8.32 Å². The molecule has 2 unspecified atom stereocenters. The lowest BCUT2D eigenvalue weighted by molar-refractivity contribution is -0.150. The molecule has 4 rings (SSSR count). The average Bonchev–Trinajstić information content (AvgIpc) is 2.90. The fraction of sp³-hybridized carbons (Fsp3) is 0.960. The van der Waals surface area contributed by atoms with Crippen molar-refractivity contribution in [1.29, 1.82) is 0 Å². The molecule has 0 bridgehead atoms. The van der Waals surface area contributed by atoms with Crippen LogP contribution in [0.3, 0.4) is 0 Å². The highest BCUT2D eigenvalue weighted by molar-refractivity contribution is 6.74. The zero-order valence-corrected chi connectivity index (χ0v) is 20.6. The van der Waals surface area contributed by atoms with Gasteiger partial charge in [0, 0.05) is 12.3 Å². The van der Waals surface area contributed by atoms with Crippen LogP contribution in [0.15, 0.2) is 0 Å². The minimum atomic E-state index is -1.73. The molecule has 4 fully saturated rings. The summed E-state index contributed by atoms with van der Waals surface area (Å²) in [6.07, 6.45) is 11.4. The Balaban J connectivity index is 1.56. The third-order valence-corrected chi connectivity index (χ3v) is 15.0. The van der Waals surface area contributed by atoms with E-state index in [-0.39, 0.29) is 10.5 Å². The molecule has 7 atom stereocenters. The van der Waals surface area contributed by atoms with Gasteiger partial charge in [0.25, 0.3) is 0 Å². The van der Waals surface area contributed by atoms with Crippen molar-refractivity contribution in [2.75, 3.05) is 0 Å². The van der Waals surface area contributed by atoms with Crippen molar-refractivity contribution in [3.63, 3.8) is 0 Å². The van der Waals surface area contributed by atoms with Crippen LogP contribution >= 0.6 is 0 Å². The van der Waals surface area contributed by atoms with E-state index in [0.717, 1.165) is 37.0 Å². The van der Waals surface area contributed by atoms with Crippen molar-refractivity contribution >= 4 is 14.1 Å². The largest absolute Gasteiger partial charge is 0.413 e. The van der Waals surface area contributed by atoms with Gasteiger partial charge in [0.05, 0.1) is 6.10 Å². The van der Waals surface area contributed by atoms with E-state index in [1.54, 1.807) is 0 Å². The van der Waals surface area contributed by atoms with Crippen molar-refractivity contribution in [3.05, 3.63) is 0 Å². The van der Waals surface area contributed by atoms with Gasteiger partial charge in [-0.1, -0.05) is 34.6 Å². The highest BCUT2D eigenvalue weighted by Crippen LogP contribution is 2.66. The molecule has 28 heavy (non-hydrogen) atoms. The van der Waals surface area contributed by atoms with E-state index in [9.17, 15) is 4.79 Å². The molecule has 0 amide bonds. The lowest BCUT2D eigenvalue weighted by atomic mass is 9.45. The van der Waals surface area contributed by atoms with E-state index >= 15 is 0 Å². The molecule has 0 spiro atoms. The number of hydrogen-bond acceptors (Lipinski definition) is 2. The molecule has 0 saturated heterocycles. The Kier molecular flexibility index (Phi) is 5.03. The van der Waals surface area contributed by atoms with Crippen LogP contribution in [0.25, 0.3) is 0 Å². The molecule has 0 N–H and O–H groups in total. The second-order valence-corrected chi connectivity index (χ2v) is 17.6. The fourth-order valence-electron chi connectivity index (χ4n) is 7.84. The molecule has 160 valence electrons. The van der Waals surface area contributed by atoms with Crippen LogP contribution in [-0.4, -0.2) is 20.2 Å². The predicted molar refractivity (Wildman–Crippen MR) is 119 cm³/mol. The number of fused-ring (bicyclic) bond motifs is 5. The summed E-state index contributed by atoms with van der Waals surface area (Å²) in [5.74, 6) is 3.38. The lowest BCUT2D eigenvalue weighted by Crippen LogP contribution is -2.56. The minimum absolute atomic E-state index is 0.284. The number of carbonyl (C=O) groups excluding carboxylic acids is 1. The summed E-state index contributed by atoms with van der Waals surface area (Å²) in [7, 11) is -1.73. The summed E-state index contributed by atoms with van der Waals surface area (Å²) in [5, 5.41) is 0.284. The molecule has 0 aromatic heterocycles. The van der Waals surface area contributed by atoms with E-state index in [4.69, 9.17) is 4.43 Å². The fourth-order valence-corrected chi connectivity index (χ4v) is 9.29. The number of hydrogen-bond donors (Lipinski definition) is 0. The van der Waals surface area contributed by atoms with Gasteiger partial charge in [-0.3, -0.25) is 4.79 Å². The number of ketones is 1. The van der Waals surface area contributed by atoms with Gasteiger partial charge in [-0.15, -0.1) is 0 Å². The first-order valence-electron chi connectivity index (χ1n) is 12.1. The summed E-state index contributed by atoms with van der Waals surface area (Å²) in [5.41, 5.74) is 0.649. The Morgan fingerprint density at radius 2 is 1.61 bits per heavy atom. The quantitative estimate of drug-likeness (QED) is 0.464. The van der Waals surface area contributed by atoms with E-state index in [1.807, 2.05) is 0 Å². The number of Topliss-reactive ketones (excluding diaryl/α,β-unsaturated/α-hetero) is 1. The van der Waals surface area contributed by atoms with Crippen LogP contribution in [0.1, 0.15) is 92.4 Å². The topological polar surface area (TPSA) is 26.3 Å². The van der Waals surface area contributed by atoms with Gasteiger partial charge in [0.15, 0.2) is 8.32 Å². The second-order valence-electron chi connectivity index (χ2n) is 12.8. The van der Waals surface area contributed by atoms with Crippen LogP contribution in [0.2, 0.25) is 18.1 Å². The Morgan fingerprint density at radius 3 is 2.29 bits per heavy atom. The standard InChI is InChI=1S/C25H44O2Si/c1-23(2,3)28(6,7)27-22-13-12-18-17-10-11-20-21(26)9-8-15-24(20,4)19(17)14-16-25(18,22)5/h17-20,22H,8-16H2,1-7H3/t17-,18-,19-,20?,22?,24+,25-/m0/s1. The maximum Gasteiger partial charge on any atom is 0.192 e. The van der Waals surface area contributed by atoms with Crippen LogP contribution in [-0.2, 0) is 9.22 Å². The molecule has 0 aliphatic heterocycles. The van der Waals surface area contributed by atoms with Gasteiger partial charge in [-0.2, -0.15) is 0 Å². The molecule has 4 aliphatic carbocycles. The zero-order chi connectivity index (χ0) is 20.5. The van der Waals surface area contributed by atoms with E-state index in [0.29, 0.717) is 23.2 Å².